The van der Waals surface area contributed by atoms with Gasteiger partial charge in [0, 0.05) is 23.8 Å². The normalized spacial score (nSPS) is 12.6. The lowest BCUT2D eigenvalue weighted by atomic mass is 10.4. The fourth-order valence-corrected chi connectivity index (χ4v) is 4.22. The summed E-state index contributed by atoms with van der Waals surface area (Å²) in [4.78, 5) is 0.0737. The van der Waals surface area contributed by atoms with E-state index >= 15 is 0 Å². The molecule has 0 aliphatic rings. The molecule has 0 fully saturated rings. The van der Waals surface area contributed by atoms with Crippen molar-refractivity contribution in [3.8, 4) is 0 Å². The van der Waals surface area contributed by atoms with Crippen molar-refractivity contribution in [3.63, 3.8) is 0 Å². The first-order valence-corrected chi connectivity index (χ1v) is 9.49. The molecule has 9 heteroatoms. The minimum Gasteiger partial charge on any atom is -0.318 e. The van der Waals surface area contributed by atoms with Crippen LogP contribution >= 0.6 is 15.9 Å². The zero-order valence-corrected chi connectivity index (χ0v) is 13.7. The molecule has 0 aromatic heterocycles. The molecule has 0 saturated carbocycles. The fraction of sp³-hybridized carbons (Fsp3) is 0.400. The molecule has 0 radical (unpaired) electrons. The van der Waals surface area contributed by atoms with E-state index < -0.39 is 19.9 Å². The predicted molar refractivity (Wildman–Crippen MR) is 76.4 cm³/mol. The van der Waals surface area contributed by atoms with Gasteiger partial charge in [-0.1, -0.05) is 0 Å². The molecule has 2 N–H and O–H groups in total. The van der Waals surface area contributed by atoms with Crippen LogP contribution in [0, 0.1) is 0 Å². The summed E-state index contributed by atoms with van der Waals surface area (Å²) in [6.07, 6.45) is 1.06. The van der Waals surface area contributed by atoms with E-state index in [1.807, 2.05) is 0 Å². The first kappa shape index (κ1) is 16.6. The number of benzene rings is 1. The second-order valence-corrected chi connectivity index (χ2v) is 8.47. The van der Waals surface area contributed by atoms with Crippen LogP contribution in [0.4, 0.5) is 0 Å². The lowest BCUT2D eigenvalue weighted by Crippen LogP contribution is -2.30. The Kier molecular flexibility index (Phi) is 5.51. The molecular weight excluding hydrogens is 356 g/mol. The molecule has 1 rings (SSSR count). The number of sulfonamides is 1. The molecule has 0 heterocycles. The highest BCUT2D eigenvalue weighted by atomic mass is 79.9. The maximum absolute atomic E-state index is 12.0. The van der Waals surface area contributed by atoms with Crippen molar-refractivity contribution < 1.29 is 16.8 Å². The first-order chi connectivity index (χ1) is 8.68. The summed E-state index contributed by atoms with van der Waals surface area (Å²) in [7, 11) is -5.31. The molecule has 0 unspecified atom stereocenters. The Labute approximate surface area is 121 Å². The third-order valence-corrected chi connectivity index (χ3v) is 5.84. The third-order valence-electron chi connectivity index (χ3n) is 2.29. The topological polar surface area (TPSA) is 92.3 Å². The number of hydrogen-bond donors (Lipinski definition) is 2. The predicted octanol–water partition coefficient (Wildman–Crippen LogP) is 0.350. The van der Waals surface area contributed by atoms with Gasteiger partial charge in [0.05, 0.1) is 9.79 Å². The van der Waals surface area contributed by atoms with Gasteiger partial charge in [-0.2, -0.15) is 0 Å². The lowest BCUT2D eigenvalue weighted by molar-refractivity contribution is 0.578. The van der Waals surface area contributed by atoms with Crippen molar-refractivity contribution in [2.45, 2.75) is 9.79 Å². The molecule has 1 aromatic rings. The van der Waals surface area contributed by atoms with Gasteiger partial charge in [-0.3, -0.25) is 0 Å². The Morgan fingerprint density at radius 3 is 2.26 bits per heavy atom. The van der Waals surface area contributed by atoms with Gasteiger partial charge in [-0.05, 0) is 41.2 Å². The molecule has 108 valence electrons. The summed E-state index contributed by atoms with van der Waals surface area (Å²) in [5, 5.41) is 2.82. The summed E-state index contributed by atoms with van der Waals surface area (Å²) in [5.41, 5.74) is 0. The van der Waals surface area contributed by atoms with E-state index in [0.29, 0.717) is 6.54 Å². The maximum atomic E-state index is 12.0. The Bertz CT molecular complexity index is 656. The second kappa shape index (κ2) is 6.31. The van der Waals surface area contributed by atoms with Crippen LogP contribution in [0.5, 0.6) is 0 Å². The van der Waals surface area contributed by atoms with Crippen LogP contribution < -0.4 is 10.0 Å². The minimum atomic E-state index is -3.66. The maximum Gasteiger partial charge on any atom is 0.241 e. The first-order valence-electron chi connectivity index (χ1n) is 5.32. The average Bonchev–Trinajstić information content (AvgIpc) is 2.27. The summed E-state index contributed by atoms with van der Waals surface area (Å²) >= 11 is 3.09. The van der Waals surface area contributed by atoms with Crippen LogP contribution in [0.15, 0.2) is 32.5 Å². The summed E-state index contributed by atoms with van der Waals surface area (Å²) in [6.45, 7) is 0.747. The van der Waals surface area contributed by atoms with Crippen molar-refractivity contribution in [2.24, 2.45) is 0 Å². The minimum absolute atomic E-state index is 0.0102. The fourth-order valence-electron chi connectivity index (χ4n) is 1.32. The molecule has 0 saturated heterocycles. The third kappa shape index (κ3) is 4.53. The van der Waals surface area contributed by atoms with Gasteiger partial charge in [0.15, 0.2) is 9.84 Å². The van der Waals surface area contributed by atoms with E-state index in [1.165, 1.54) is 18.2 Å². The van der Waals surface area contributed by atoms with E-state index in [9.17, 15) is 16.8 Å². The summed E-state index contributed by atoms with van der Waals surface area (Å²) in [6, 6.07) is 3.82. The number of halogens is 1. The molecule has 0 bridgehead atoms. The molecular formula is C10H15BrN2O4S2. The smallest absolute Gasteiger partial charge is 0.241 e. The van der Waals surface area contributed by atoms with Crippen LogP contribution in [0.3, 0.4) is 0 Å². The zero-order valence-electron chi connectivity index (χ0n) is 10.5. The lowest BCUT2D eigenvalue weighted by Gasteiger charge is -2.09. The molecule has 0 atom stereocenters. The van der Waals surface area contributed by atoms with Crippen LogP contribution in [0.25, 0.3) is 0 Å². The van der Waals surface area contributed by atoms with Crippen molar-refractivity contribution >= 4 is 35.8 Å². The second-order valence-electron chi connectivity index (χ2n) is 3.87. The molecule has 6 nitrogen and oxygen atoms in total. The van der Waals surface area contributed by atoms with Gasteiger partial charge in [0.25, 0.3) is 0 Å². The van der Waals surface area contributed by atoms with Crippen molar-refractivity contribution in [2.75, 3.05) is 26.4 Å². The SMILES string of the molecule is CNCCNS(=O)(=O)c1ccc(S(C)(=O)=O)cc1Br. The van der Waals surface area contributed by atoms with Crippen LogP contribution in [-0.4, -0.2) is 43.2 Å². The van der Waals surface area contributed by atoms with Crippen molar-refractivity contribution in [3.05, 3.63) is 22.7 Å². The van der Waals surface area contributed by atoms with Gasteiger partial charge < -0.3 is 5.32 Å². The van der Waals surface area contributed by atoms with Gasteiger partial charge in [-0.15, -0.1) is 0 Å². The van der Waals surface area contributed by atoms with Crippen molar-refractivity contribution in [1.82, 2.24) is 10.0 Å². The average molecular weight is 371 g/mol. The Morgan fingerprint density at radius 2 is 1.79 bits per heavy atom. The van der Waals surface area contributed by atoms with Crippen LogP contribution in [-0.2, 0) is 19.9 Å². The van der Waals surface area contributed by atoms with E-state index in [4.69, 9.17) is 0 Å². The number of nitrogens with one attached hydrogen (secondary N) is 2. The Balaban J connectivity index is 3.09. The van der Waals surface area contributed by atoms with E-state index in [2.05, 4.69) is 26.0 Å². The number of likely N-dealkylation sites (N-methyl/N-ethyl adjacent to an activating group) is 1. The highest BCUT2D eigenvalue weighted by molar-refractivity contribution is 9.10. The highest BCUT2D eigenvalue weighted by Gasteiger charge is 2.19. The van der Waals surface area contributed by atoms with Gasteiger partial charge >= 0.3 is 0 Å². The molecule has 0 aliphatic heterocycles. The summed E-state index contributed by atoms with van der Waals surface area (Å²) in [5.74, 6) is 0. The van der Waals surface area contributed by atoms with Crippen LogP contribution in [0.1, 0.15) is 0 Å². The van der Waals surface area contributed by atoms with E-state index in [1.54, 1.807) is 7.05 Å². The van der Waals surface area contributed by atoms with Gasteiger partial charge in [0.1, 0.15) is 0 Å². The van der Waals surface area contributed by atoms with Crippen LogP contribution in [0.2, 0.25) is 0 Å². The highest BCUT2D eigenvalue weighted by Crippen LogP contribution is 2.25. The molecule has 0 aliphatic carbocycles. The van der Waals surface area contributed by atoms with Gasteiger partial charge in [0.2, 0.25) is 10.0 Å². The van der Waals surface area contributed by atoms with Gasteiger partial charge in [-0.25, -0.2) is 21.6 Å². The van der Waals surface area contributed by atoms with E-state index in [-0.39, 0.29) is 20.8 Å². The summed E-state index contributed by atoms with van der Waals surface area (Å²) < 4.78 is 49.3. The Morgan fingerprint density at radius 1 is 1.16 bits per heavy atom. The number of rotatable bonds is 6. The van der Waals surface area contributed by atoms with E-state index in [0.717, 1.165) is 6.26 Å². The number of sulfone groups is 1. The quantitative estimate of drug-likeness (QED) is 0.704. The Hall–Kier alpha value is -0.480. The number of hydrogen-bond acceptors (Lipinski definition) is 5. The molecule has 0 spiro atoms. The monoisotopic (exact) mass is 370 g/mol. The molecule has 1 aromatic carbocycles. The zero-order chi connectivity index (χ0) is 14.7. The standard InChI is InChI=1S/C10H15BrN2O4S2/c1-12-5-6-13-19(16,17)10-4-3-8(7-9(10)11)18(2,14)15/h3-4,7,12-13H,5-6H2,1-2H3. The molecule has 19 heavy (non-hydrogen) atoms. The largest absolute Gasteiger partial charge is 0.318 e. The van der Waals surface area contributed by atoms with Crippen molar-refractivity contribution in [1.29, 1.82) is 0 Å². The molecule has 0 amide bonds.